The average Bonchev–Trinajstić information content (AvgIpc) is 2.60. The summed E-state index contributed by atoms with van der Waals surface area (Å²) in [5.41, 5.74) is 1.36. The highest BCUT2D eigenvalue weighted by atomic mass is 16.6. The van der Waals surface area contributed by atoms with Crippen LogP contribution in [0.2, 0.25) is 0 Å². The third-order valence-corrected chi connectivity index (χ3v) is 2.40. The number of rotatable bonds is 0. The van der Waals surface area contributed by atoms with Crippen LogP contribution in [-0.4, -0.2) is 21.5 Å². The average molecular weight is 232 g/mol. The number of hydrogen-bond acceptors (Lipinski definition) is 3. The van der Waals surface area contributed by atoms with Gasteiger partial charge in [-0.05, 0) is 39.3 Å². The van der Waals surface area contributed by atoms with Crippen molar-refractivity contribution in [1.82, 2.24) is 9.78 Å². The van der Waals surface area contributed by atoms with E-state index in [-0.39, 0.29) is 0 Å². The Morgan fingerprint density at radius 1 is 1.35 bits per heavy atom. The van der Waals surface area contributed by atoms with Crippen molar-refractivity contribution < 1.29 is 9.53 Å². The van der Waals surface area contributed by atoms with E-state index in [1.165, 1.54) is 4.68 Å². The molecule has 17 heavy (non-hydrogen) atoms. The number of nitrogens with zero attached hydrogens (tertiary/aromatic N) is 2. The molecule has 90 valence electrons. The normalized spacial score (nSPS) is 11.8. The molecule has 0 saturated carbocycles. The van der Waals surface area contributed by atoms with Crippen LogP contribution in [0, 0.1) is 6.92 Å². The Bertz CT molecular complexity index is 564. The summed E-state index contributed by atoms with van der Waals surface area (Å²) in [6, 6.07) is 5.75. The molecule has 4 heteroatoms. The number of aryl methyl sites for hydroxylation is 1. The van der Waals surface area contributed by atoms with E-state index in [1.807, 2.05) is 45.9 Å². The molecule has 1 aromatic carbocycles. The van der Waals surface area contributed by atoms with E-state index < -0.39 is 11.7 Å². The Kier molecular flexibility index (Phi) is 2.65. The van der Waals surface area contributed by atoms with Crippen molar-refractivity contribution in [2.24, 2.45) is 0 Å². The fraction of sp³-hybridized carbons (Fsp3) is 0.385. The first-order chi connectivity index (χ1) is 7.88. The Morgan fingerprint density at radius 2 is 2.06 bits per heavy atom. The number of aromatic nitrogens is 2. The molecule has 0 unspecified atom stereocenters. The molecule has 0 radical (unpaired) electrons. The van der Waals surface area contributed by atoms with Crippen molar-refractivity contribution in [2.75, 3.05) is 0 Å². The Hall–Kier alpha value is -1.84. The molecule has 0 atom stereocenters. The molecule has 0 fully saturated rings. The van der Waals surface area contributed by atoms with Gasteiger partial charge in [-0.1, -0.05) is 12.1 Å². The number of carbonyl (C=O) groups excluding carboxylic acids is 1. The highest BCUT2D eigenvalue weighted by Crippen LogP contribution is 2.19. The van der Waals surface area contributed by atoms with E-state index in [0.29, 0.717) is 0 Å². The zero-order valence-corrected chi connectivity index (χ0v) is 10.5. The molecule has 0 aliphatic rings. The maximum Gasteiger partial charge on any atom is 0.435 e. The molecule has 0 aliphatic carbocycles. The molecular formula is C13H16N2O2. The monoisotopic (exact) mass is 232 g/mol. The topological polar surface area (TPSA) is 44.1 Å². The SMILES string of the molecule is Cc1cccc2c1cnn2C(=O)OC(C)(C)C. The third-order valence-electron chi connectivity index (χ3n) is 2.40. The molecule has 0 spiro atoms. The van der Waals surface area contributed by atoms with Crippen molar-refractivity contribution in [3.63, 3.8) is 0 Å². The number of carbonyl (C=O) groups is 1. The van der Waals surface area contributed by atoms with Crippen molar-refractivity contribution in [3.05, 3.63) is 30.0 Å². The zero-order chi connectivity index (χ0) is 12.6. The minimum atomic E-state index is -0.515. The van der Waals surface area contributed by atoms with Crippen LogP contribution in [0.4, 0.5) is 4.79 Å². The van der Waals surface area contributed by atoms with Gasteiger partial charge in [0.2, 0.25) is 0 Å². The minimum Gasteiger partial charge on any atom is -0.442 e. The molecular weight excluding hydrogens is 216 g/mol. The summed E-state index contributed by atoms with van der Waals surface area (Å²) >= 11 is 0. The lowest BCUT2D eigenvalue weighted by atomic mass is 10.1. The number of benzene rings is 1. The van der Waals surface area contributed by atoms with Crippen LogP contribution >= 0.6 is 0 Å². The van der Waals surface area contributed by atoms with Crippen molar-refractivity contribution in [2.45, 2.75) is 33.3 Å². The lowest BCUT2D eigenvalue weighted by Crippen LogP contribution is -2.27. The molecule has 2 aromatic rings. The molecule has 0 amide bonds. The first kappa shape index (κ1) is 11.6. The van der Waals surface area contributed by atoms with Crippen molar-refractivity contribution in [1.29, 1.82) is 0 Å². The van der Waals surface area contributed by atoms with Gasteiger partial charge in [0.25, 0.3) is 0 Å². The van der Waals surface area contributed by atoms with Crippen LogP contribution in [0.25, 0.3) is 10.9 Å². The lowest BCUT2D eigenvalue weighted by molar-refractivity contribution is 0.0523. The van der Waals surface area contributed by atoms with Gasteiger partial charge in [0, 0.05) is 5.39 Å². The molecule has 2 rings (SSSR count). The van der Waals surface area contributed by atoms with E-state index in [4.69, 9.17) is 4.74 Å². The fourth-order valence-corrected chi connectivity index (χ4v) is 1.65. The summed E-state index contributed by atoms with van der Waals surface area (Å²) in [6.07, 6.45) is 1.24. The Morgan fingerprint density at radius 3 is 2.71 bits per heavy atom. The highest BCUT2D eigenvalue weighted by Gasteiger charge is 2.20. The van der Waals surface area contributed by atoms with E-state index in [9.17, 15) is 4.79 Å². The maximum atomic E-state index is 11.9. The predicted molar refractivity (Wildman–Crippen MR) is 66.1 cm³/mol. The third kappa shape index (κ3) is 2.30. The molecule has 4 nitrogen and oxygen atoms in total. The quantitative estimate of drug-likeness (QED) is 0.701. The highest BCUT2D eigenvalue weighted by molar-refractivity contribution is 5.89. The summed E-state index contributed by atoms with van der Waals surface area (Å²) in [5, 5.41) is 5.05. The summed E-state index contributed by atoms with van der Waals surface area (Å²) in [4.78, 5) is 11.9. The molecule has 0 bridgehead atoms. The molecule has 0 saturated heterocycles. The van der Waals surface area contributed by atoms with Gasteiger partial charge in [0.05, 0.1) is 11.7 Å². The van der Waals surface area contributed by atoms with Crippen molar-refractivity contribution >= 4 is 17.0 Å². The van der Waals surface area contributed by atoms with E-state index in [1.54, 1.807) is 6.20 Å². The zero-order valence-electron chi connectivity index (χ0n) is 10.5. The fourth-order valence-electron chi connectivity index (χ4n) is 1.65. The second kappa shape index (κ2) is 3.87. The molecule has 1 aromatic heterocycles. The van der Waals surface area contributed by atoms with Gasteiger partial charge < -0.3 is 4.74 Å². The minimum absolute atomic E-state index is 0.446. The first-order valence-corrected chi connectivity index (χ1v) is 5.55. The summed E-state index contributed by atoms with van der Waals surface area (Å²) in [6.45, 7) is 7.50. The Labute approximate surface area is 100 Å². The first-order valence-electron chi connectivity index (χ1n) is 5.55. The van der Waals surface area contributed by atoms with Crippen LogP contribution in [0.1, 0.15) is 26.3 Å². The summed E-state index contributed by atoms with van der Waals surface area (Å²) < 4.78 is 6.59. The molecule has 1 heterocycles. The van der Waals surface area contributed by atoms with Crippen LogP contribution in [0.3, 0.4) is 0 Å². The number of ether oxygens (including phenoxy) is 1. The van der Waals surface area contributed by atoms with Gasteiger partial charge in [0.1, 0.15) is 5.60 Å². The molecule has 0 aliphatic heterocycles. The van der Waals surface area contributed by atoms with Gasteiger partial charge in [-0.15, -0.1) is 0 Å². The van der Waals surface area contributed by atoms with Crippen molar-refractivity contribution in [3.8, 4) is 0 Å². The standard InChI is InChI=1S/C13H16N2O2/c1-9-6-5-7-11-10(9)8-14-15(11)12(16)17-13(2,3)4/h5-8H,1-4H3. The maximum absolute atomic E-state index is 11.9. The Balaban J connectivity index is 2.43. The van der Waals surface area contributed by atoms with E-state index >= 15 is 0 Å². The van der Waals surface area contributed by atoms with Crippen LogP contribution in [0.15, 0.2) is 24.4 Å². The molecule has 0 N–H and O–H groups in total. The smallest absolute Gasteiger partial charge is 0.435 e. The van der Waals surface area contributed by atoms with Crippen LogP contribution in [-0.2, 0) is 4.74 Å². The van der Waals surface area contributed by atoms with E-state index in [2.05, 4.69) is 5.10 Å². The number of hydrogen-bond donors (Lipinski definition) is 0. The summed E-state index contributed by atoms with van der Waals surface area (Å²) in [7, 11) is 0. The number of fused-ring (bicyclic) bond motifs is 1. The van der Waals surface area contributed by atoms with Crippen LogP contribution < -0.4 is 0 Å². The largest absolute Gasteiger partial charge is 0.442 e. The van der Waals surface area contributed by atoms with Gasteiger partial charge in [-0.2, -0.15) is 9.78 Å². The van der Waals surface area contributed by atoms with Gasteiger partial charge in [-0.25, -0.2) is 4.79 Å². The lowest BCUT2D eigenvalue weighted by Gasteiger charge is -2.19. The van der Waals surface area contributed by atoms with Crippen LogP contribution in [0.5, 0.6) is 0 Å². The van der Waals surface area contributed by atoms with E-state index in [0.717, 1.165) is 16.5 Å². The van der Waals surface area contributed by atoms with Gasteiger partial charge >= 0.3 is 6.09 Å². The summed E-state index contributed by atoms with van der Waals surface area (Å²) in [5.74, 6) is 0. The van der Waals surface area contributed by atoms with Gasteiger partial charge in [0.15, 0.2) is 0 Å². The second-order valence-electron chi connectivity index (χ2n) is 5.04. The van der Waals surface area contributed by atoms with Gasteiger partial charge in [-0.3, -0.25) is 0 Å². The second-order valence-corrected chi connectivity index (χ2v) is 5.04. The predicted octanol–water partition coefficient (Wildman–Crippen LogP) is 3.13.